The average molecular weight is 655 g/mol. The molecule has 9 nitrogen and oxygen atoms in total. The van der Waals surface area contributed by atoms with E-state index in [1.807, 2.05) is 78.2 Å². The number of rotatable bonds is 10. The SMILES string of the molecule is CC(OC(=O)c1ccccc1)C1=C(C(=O)OC(c2ccccc2)c2ccccc2)N2C(=O)C(NC(=O)Cc3cccs3)[C@@H]2S(=O)C1. The molecule has 0 spiro atoms. The fourth-order valence-corrected chi connectivity index (χ4v) is 8.01. The summed E-state index contributed by atoms with van der Waals surface area (Å²) in [6, 6.07) is 29.3. The summed E-state index contributed by atoms with van der Waals surface area (Å²) in [7, 11) is -1.73. The first-order valence-corrected chi connectivity index (χ1v) is 16.9. The largest absolute Gasteiger partial charge is 0.454 e. The van der Waals surface area contributed by atoms with Crippen LogP contribution in [0.25, 0.3) is 0 Å². The molecule has 11 heteroatoms. The van der Waals surface area contributed by atoms with E-state index in [0.717, 1.165) is 9.78 Å². The maximum absolute atomic E-state index is 14.2. The summed E-state index contributed by atoms with van der Waals surface area (Å²) in [6.07, 6.45) is -1.78. The van der Waals surface area contributed by atoms with Crippen molar-refractivity contribution < 1.29 is 32.9 Å². The number of amides is 2. The number of carbonyl (C=O) groups is 4. The van der Waals surface area contributed by atoms with Crippen molar-refractivity contribution in [3.05, 3.63) is 141 Å². The summed E-state index contributed by atoms with van der Waals surface area (Å²) < 4.78 is 25.5. The second-order valence-electron chi connectivity index (χ2n) is 10.8. The Kier molecular flexibility index (Phi) is 9.23. The Labute approximate surface area is 272 Å². The van der Waals surface area contributed by atoms with Crippen LogP contribution < -0.4 is 5.32 Å². The maximum Gasteiger partial charge on any atom is 0.356 e. The molecule has 1 saturated heterocycles. The standard InChI is InChI=1S/C35H30N2O7S2/c1-22(43-34(40)25-16-9-4-10-17-25)27-21-46(42)33-29(36-28(38)20-26-18-11-19-45-26)32(39)37(33)30(27)35(41)44-31(23-12-5-2-6-13-23)24-14-7-3-8-15-24/h2-19,22,29,31,33H,20-21H2,1H3,(H,36,38)/t22?,29?,33-,46?/m0/s1. The van der Waals surface area contributed by atoms with E-state index in [1.54, 1.807) is 37.3 Å². The first-order chi connectivity index (χ1) is 22.3. The fraction of sp³-hybridized carbons (Fsp3) is 0.200. The van der Waals surface area contributed by atoms with Gasteiger partial charge in [0.2, 0.25) is 5.91 Å². The quantitative estimate of drug-likeness (QED) is 0.197. The fourth-order valence-electron chi connectivity index (χ4n) is 5.52. The number of esters is 2. The zero-order valence-corrected chi connectivity index (χ0v) is 26.4. The molecule has 1 N–H and O–H groups in total. The van der Waals surface area contributed by atoms with Crippen LogP contribution in [0.15, 0.2) is 120 Å². The summed E-state index contributed by atoms with van der Waals surface area (Å²) in [5.74, 6) is -2.63. The molecule has 6 rings (SSSR count). The van der Waals surface area contributed by atoms with Gasteiger partial charge in [-0.05, 0) is 41.6 Å². The van der Waals surface area contributed by atoms with Gasteiger partial charge in [0.15, 0.2) is 6.10 Å². The van der Waals surface area contributed by atoms with E-state index in [0.29, 0.717) is 16.7 Å². The van der Waals surface area contributed by atoms with Gasteiger partial charge in [0.05, 0.1) is 28.5 Å². The highest BCUT2D eigenvalue weighted by atomic mass is 32.2. The van der Waals surface area contributed by atoms with Gasteiger partial charge < -0.3 is 14.8 Å². The Morgan fingerprint density at radius 1 is 0.870 bits per heavy atom. The van der Waals surface area contributed by atoms with E-state index < -0.39 is 58.2 Å². The Morgan fingerprint density at radius 2 is 1.48 bits per heavy atom. The van der Waals surface area contributed by atoms with Crippen LogP contribution in [-0.4, -0.2) is 56.1 Å². The van der Waals surface area contributed by atoms with Crippen molar-refractivity contribution >= 4 is 45.9 Å². The van der Waals surface area contributed by atoms with Gasteiger partial charge in [0, 0.05) is 10.5 Å². The molecule has 2 aliphatic rings. The second-order valence-corrected chi connectivity index (χ2v) is 13.4. The molecule has 0 bridgehead atoms. The van der Waals surface area contributed by atoms with Gasteiger partial charge in [-0.3, -0.25) is 18.7 Å². The summed E-state index contributed by atoms with van der Waals surface area (Å²) in [5, 5.41) is 3.57. The summed E-state index contributed by atoms with van der Waals surface area (Å²) in [4.78, 5) is 55.6. The molecule has 3 aromatic carbocycles. The highest BCUT2D eigenvalue weighted by molar-refractivity contribution is 7.86. The van der Waals surface area contributed by atoms with Gasteiger partial charge in [0.1, 0.15) is 23.2 Å². The lowest BCUT2D eigenvalue weighted by Crippen LogP contribution is -2.74. The van der Waals surface area contributed by atoms with E-state index in [4.69, 9.17) is 9.47 Å². The van der Waals surface area contributed by atoms with E-state index in [9.17, 15) is 23.4 Å². The predicted octanol–water partition coefficient (Wildman–Crippen LogP) is 4.54. The second kappa shape index (κ2) is 13.6. The number of ether oxygens (including phenoxy) is 2. The molecule has 4 aromatic rings. The normalized spacial score (nSPS) is 19.6. The van der Waals surface area contributed by atoms with Gasteiger partial charge in [-0.1, -0.05) is 84.9 Å². The molecule has 2 amide bonds. The van der Waals surface area contributed by atoms with Crippen LogP contribution in [0.1, 0.15) is 39.4 Å². The Morgan fingerprint density at radius 3 is 2.07 bits per heavy atom. The van der Waals surface area contributed by atoms with Crippen molar-refractivity contribution in [2.45, 2.75) is 37.0 Å². The number of nitrogens with one attached hydrogen (secondary N) is 1. The van der Waals surface area contributed by atoms with Gasteiger partial charge in [-0.25, -0.2) is 9.59 Å². The molecular weight excluding hydrogens is 625 g/mol. The van der Waals surface area contributed by atoms with Crippen molar-refractivity contribution in [3.8, 4) is 0 Å². The van der Waals surface area contributed by atoms with E-state index in [-0.39, 0.29) is 23.4 Å². The van der Waals surface area contributed by atoms with Crippen molar-refractivity contribution in [2.75, 3.05) is 5.75 Å². The highest BCUT2D eigenvalue weighted by Gasteiger charge is 2.58. The third-order valence-corrected chi connectivity index (χ3v) is 10.3. The minimum atomic E-state index is -1.73. The lowest BCUT2D eigenvalue weighted by Gasteiger charge is -2.49. The van der Waals surface area contributed by atoms with Crippen molar-refractivity contribution in [2.24, 2.45) is 0 Å². The van der Waals surface area contributed by atoms with Gasteiger partial charge in [-0.2, -0.15) is 0 Å². The molecule has 0 radical (unpaired) electrons. The van der Waals surface area contributed by atoms with Crippen LogP contribution >= 0.6 is 11.3 Å². The number of benzene rings is 3. The molecule has 1 aromatic heterocycles. The minimum absolute atomic E-state index is 0.0685. The molecular formula is C35H30N2O7S2. The Balaban J connectivity index is 1.33. The first kappa shape index (κ1) is 31.1. The summed E-state index contributed by atoms with van der Waals surface area (Å²) in [5.41, 5.74) is 1.77. The van der Waals surface area contributed by atoms with Gasteiger partial charge >= 0.3 is 11.9 Å². The van der Waals surface area contributed by atoms with Crippen LogP contribution in [0, 0.1) is 0 Å². The van der Waals surface area contributed by atoms with E-state index >= 15 is 0 Å². The molecule has 46 heavy (non-hydrogen) atoms. The topological polar surface area (TPSA) is 119 Å². The maximum atomic E-state index is 14.2. The lowest BCUT2D eigenvalue weighted by atomic mass is 9.99. The van der Waals surface area contributed by atoms with E-state index in [2.05, 4.69) is 5.32 Å². The van der Waals surface area contributed by atoms with Crippen LogP contribution in [0.5, 0.6) is 0 Å². The highest BCUT2D eigenvalue weighted by Crippen LogP contribution is 2.38. The molecule has 234 valence electrons. The molecule has 1 fully saturated rings. The predicted molar refractivity (Wildman–Crippen MR) is 173 cm³/mol. The Bertz CT molecular complexity index is 1750. The van der Waals surface area contributed by atoms with Crippen LogP contribution in [0.4, 0.5) is 0 Å². The van der Waals surface area contributed by atoms with E-state index in [1.165, 1.54) is 11.3 Å². The first-order valence-electron chi connectivity index (χ1n) is 14.6. The molecule has 3 heterocycles. The minimum Gasteiger partial charge on any atom is -0.454 e. The van der Waals surface area contributed by atoms with Crippen LogP contribution in [0.3, 0.4) is 0 Å². The third kappa shape index (κ3) is 6.42. The average Bonchev–Trinajstić information content (AvgIpc) is 3.59. The van der Waals surface area contributed by atoms with Crippen LogP contribution in [0.2, 0.25) is 0 Å². The van der Waals surface area contributed by atoms with Crippen molar-refractivity contribution in [1.82, 2.24) is 10.2 Å². The lowest BCUT2D eigenvalue weighted by molar-refractivity contribution is -0.155. The van der Waals surface area contributed by atoms with Crippen molar-refractivity contribution in [3.63, 3.8) is 0 Å². The zero-order valence-electron chi connectivity index (χ0n) is 24.7. The summed E-state index contributed by atoms with van der Waals surface area (Å²) in [6.45, 7) is 1.57. The van der Waals surface area contributed by atoms with Gasteiger partial charge in [-0.15, -0.1) is 11.3 Å². The summed E-state index contributed by atoms with van der Waals surface area (Å²) >= 11 is 1.41. The molecule has 0 aliphatic carbocycles. The monoisotopic (exact) mass is 654 g/mol. The molecule has 3 unspecified atom stereocenters. The number of nitrogens with zero attached hydrogens (tertiary/aromatic N) is 1. The van der Waals surface area contributed by atoms with Crippen LogP contribution in [-0.2, 0) is 41.1 Å². The number of carbonyl (C=O) groups excluding carboxylic acids is 4. The third-order valence-electron chi connectivity index (χ3n) is 7.79. The smallest absolute Gasteiger partial charge is 0.356 e. The molecule has 0 saturated carbocycles. The molecule has 4 atom stereocenters. The number of β-lactam (4-membered cyclic amide) rings is 1. The zero-order chi connectivity index (χ0) is 32.2. The number of hydrogen-bond donors (Lipinski definition) is 1. The number of thiophene rings is 1. The van der Waals surface area contributed by atoms with Crippen molar-refractivity contribution in [1.29, 1.82) is 0 Å². The molecule has 2 aliphatic heterocycles. The Hall–Kier alpha value is -4.87. The number of fused-ring (bicyclic) bond motifs is 1. The number of hydrogen-bond acceptors (Lipinski definition) is 8. The van der Waals surface area contributed by atoms with Gasteiger partial charge in [0.25, 0.3) is 5.91 Å².